The van der Waals surface area contributed by atoms with E-state index in [-0.39, 0.29) is 6.04 Å². The lowest BCUT2D eigenvalue weighted by molar-refractivity contribution is 0.185. The lowest BCUT2D eigenvalue weighted by Gasteiger charge is -2.18. The Bertz CT molecular complexity index is 558. The first kappa shape index (κ1) is 14.9. The monoisotopic (exact) mass is 359 g/mol. The molecule has 0 saturated heterocycles. The predicted molar refractivity (Wildman–Crippen MR) is 86.2 cm³/mol. The molecule has 0 saturated carbocycles. The molecule has 1 N–H and O–H groups in total. The SMILES string of the molecule is COCc1c(Br)cccc1NC(C)c1ccc(Cl)s1. The Labute approximate surface area is 130 Å². The highest BCUT2D eigenvalue weighted by Crippen LogP contribution is 2.32. The molecule has 102 valence electrons. The molecule has 2 rings (SSSR count). The van der Waals surface area contributed by atoms with Crippen LogP contribution in [0.25, 0.3) is 0 Å². The molecule has 1 atom stereocenters. The van der Waals surface area contributed by atoms with Crippen LogP contribution in [0.15, 0.2) is 34.8 Å². The summed E-state index contributed by atoms with van der Waals surface area (Å²) in [5.74, 6) is 0. The van der Waals surface area contributed by atoms with E-state index in [0.29, 0.717) is 6.61 Å². The molecule has 0 spiro atoms. The molecule has 1 heterocycles. The molecule has 0 radical (unpaired) electrons. The molecule has 0 amide bonds. The third-order valence-electron chi connectivity index (χ3n) is 2.80. The van der Waals surface area contributed by atoms with Gasteiger partial charge >= 0.3 is 0 Å². The van der Waals surface area contributed by atoms with Crippen molar-refractivity contribution in [2.45, 2.75) is 19.6 Å². The third kappa shape index (κ3) is 3.72. The van der Waals surface area contributed by atoms with Crippen LogP contribution in [0.4, 0.5) is 5.69 Å². The second kappa shape index (κ2) is 6.75. The van der Waals surface area contributed by atoms with Crippen molar-refractivity contribution >= 4 is 44.6 Å². The lowest BCUT2D eigenvalue weighted by Crippen LogP contribution is -2.07. The predicted octanol–water partition coefficient (Wildman–Crippen LogP) is 5.48. The maximum Gasteiger partial charge on any atom is 0.0932 e. The number of rotatable bonds is 5. The van der Waals surface area contributed by atoms with Crippen molar-refractivity contribution in [1.82, 2.24) is 0 Å². The van der Waals surface area contributed by atoms with Crippen molar-refractivity contribution in [2.75, 3.05) is 12.4 Å². The Balaban J connectivity index is 2.21. The fraction of sp³-hybridized carbons (Fsp3) is 0.286. The zero-order valence-electron chi connectivity index (χ0n) is 10.7. The number of nitrogens with one attached hydrogen (secondary N) is 1. The average Bonchev–Trinajstić information content (AvgIpc) is 2.80. The molecular weight excluding hydrogens is 346 g/mol. The molecule has 1 aromatic heterocycles. The van der Waals surface area contributed by atoms with Crippen LogP contribution in [-0.2, 0) is 11.3 Å². The summed E-state index contributed by atoms with van der Waals surface area (Å²) in [5, 5.41) is 3.51. The van der Waals surface area contributed by atoms with E-state index in [1.807, 2.05) is 18.2 Å². The summed E-state index contributed by atoms with van der Waals surface area (Å²) in [6, 6.07) is 10.3. The van der Waals surface area contributed by atoms with Crippen LogP contribution >= 0.6 is 38.9 Å². The van der Waals surface area contributed by atoms with Crippen molar-refractivity contribution in [2.24, 2.45) is 0 Å². The van der Waals surface area contributed by atoms with Crippen molar-refractivity contribution < 1.29 is 4.74 Å². The van der Waals surface area contributed by atoms with Crippen LogP contribution in [0.3, 0.4) is 0 Å². The highest BCUT2D eigenvalue weighted by molar-refractivity contribution is 9.10. The van der Waals surface area contributed by atoms with Gasteiger partial charge in [-0.2, -0.15) is 0 Å². The molecule has 0 bridgehead atoms. The van der Waals surface area contributed by atoms with Crippen LogP contribution in [0.1, 0.15) is 23.4 Å². The standard InChI is InChI=1S/C14H15BrClNOS/c1-9(13-6-7-14(16)19-13)17-12-5-3-4-11(15)10(12)8-18-2/h3-7,9,17H,8H2,1-2H3. The molecule has 0 aliphatic heterocycles. The number of benzene rings is 1. The van der Waals surface area contributed by atoms with E-state index < -0.39 is 0 Å². The Hall–Kier alpha value is -0.550. The van der Waals surface area contributed by atoms with E-state index in [9.17, 15) is 0 Å². The van der Waals surface area contributed by atoms with E-state index in [2.05, 4.69) is 40.3 Å². The summed E-state index contributed by atoms with van der Waals surface area (Å²) in [6.07, 6.45) is 0. The minimum absolute atomic E-state index is 0.211. The summed E-state index contributed by atoms with van der Waals surface area (Å²) in [6.45, 7) is 2.70. The lowest BCUT2D eigenvalue weighted by atomic mass is 10.1. The van der Waals surface area contributed by atoms with Gasteiger partial charge in [0.05, 0.1) is 17.0 Å². The molecule has 19 heavy (non-hydrogen) atoms. The van der Waals surface area contributed by atoms with Crippen LogP contribution < -0.4 is 5.32 Å². The van der Waals surface area contributed by atoms with Crippen LogP contribution in [-0.4, -0.2) is 7.11 Å². The first-order valence-corrected chi connectivity index (χ1v) is 7.88. The Kier molecular flexibility index (Phi) is 5.28. The zero-order valence-corrected chi connectivity index (χ0v) is 13.9. The smallest absolute Gasteiger partial charge is 0.0932 e. The van der Waals surface area contributed by atoms with Gasteiger partial charge in [-0.25, -0.2) is 0 Å². The molecule has 5 heteroatoms. The topological polar surface area (TPSA) is 21.3 Å². The minimum Gasteiger partial charge on any atom is -0.380 e. The quantitative estimate of drug-likeness (QED) is 0.762. The summed E-state index contributed by atoms with van der Waals surface area (Å²) in [5.41, 5.74) is 2.20. The van der Waals surface area contributed by atoms with Crippen LogP contribution in [0.5, 0.6) is 0 Å². The number of halogens is 2. The van der Waals surface area contributed by atoms with Gasteiger partial charge in [0.15, 0.2) is 0 Å². The maximum atomic E-state index is 5.98. The summed E-state index contributed by atoms with van der Waals surface area (Å²) >= 11 is 11.1. The number of anilines is 1. The van der Waals surface area contributed by atoms with Crippen molar-refractivity contribution in [3.05, 3.63) is 49.6 Å². The van der Waals surface area contributed by atoms with Crippen molar-refractivity contribution in [1.29, 1.82) is 0 Å². The number of methoxy groups -OCH3 is 1. The van der Waals surface area contributed by atoms with Gasteiger partial charge in [0.1, 0.15) is 0 Å². The van der Waals surface area contributed by atoms with Gasteiger partial charge in [0, 0.05) is 27.7 Å². The highest BCUT2D eigenvalue weighted by Gasteiger charge is 2.12. The summed E-state index contributed by atoms with van der Waals surface area (Å²) in [7, 11) is 1.70. The zero-order chi connectivity index (χ0) is 13.8. The Morgan fingerprint density at radius 2 is 2.16 bits per heavy atom. The molecule has 2 nitrogen and oxygen atoms in total. The third-order valence-corrected chi connectivity index (χ3v) is 4.96. The fourth-order valence-corrected chi connectivity index (χ4v) is 3.39. The van der Waals surface area contributed by atoms with E-state index in [4.69, 9.17) is 16.3 Å². The van der Waals surface area contributed by atoms with E-state index >= 15 is 0 Å². The molecule has 0 aliphatic rings. The normalized spacial score (nSPS) is 12.4. The van der Waals surface area contributed by atoms with Crippen LogP contribution in [0, 0.1) is 0 Å². The van der Waals surface area contributed by atoms with Gasteiger partial charge in [-0.15, -0.1) is 11.3 Å². The summed E-state index contributed by atoms with van der Waals surface area (Å²) in [4.78, 5) is 1.22. The average molecular weight is 361 g/mol. The molecule has 0 aliphatic carbocycles. The van der Waals surface area contributed by atoms with Gasteiger partial charge in [0.25, 0.3) is 0 Å². The number of thiophene rings is 1. The molecule has 0 fully saturated rings. The molecule has 2 aromatic rings. The first-order chi connectivity index (χ1) is 9.11. The van der Waals surface area contributed by atoms with Crippen molar-refractivity contribution in [3.63, 3.8) is 0 Å². The van der Waals surface area contributed by atoms with Crippen molar-refractivity contribution in [3.8, 4) is 0 Å². The van der Waals surface area contributed by atoms with Crippen LogP contribution in [0.2, 0.25) is 4.34 Å². The van der Waals surface area contributed by atoms with E-state index in [0.717, 1.165) is 20.1 Å². The van der Waals surface area contributed by atoms with Gasteiger partial charge in [-0.3, -0.25) is 0 Å². The second-order valence-electron chi connectivity index (χ2n) is 4.21. The maximum absolute atomic E-state index is 5.98. The number of ether oxygens (including phenoxy) is 1. The first-order valence-electron chi connectivity index (χ1n) is 5.90. The number of hydrogen-bond acceptors (Lipinski definition) is 3. The molecule has 1 aromatic carbocycles. The summed E-state index contributed by atoms with van der Waals surface area (Å²) < 4.78 is 7.12. The van der Waals surface area contributed by atoms with Gasteiger partial charge in [0.2, 0.25) is 0 Å². The van der Waals surface area contributed by atoms with E-state index in [1.54, 1.807) is 18.4 Å². The van der Waals surface area contributed by atoms with Gasteiger partial charge < -0.3 is 10.1 Å². The van der Waals surface area contributed by atoms with E-state index in [1.165, 1.54) is 4.88 Å². The highest BCUT2D eigenvalue weighted by atomic mass is 79.9. The minimum atomic E-state index is 0.211. The second-order valence-corrected chi connectivity index (χ2v) is 6.81. The fourth-order valence-electron chi connectivity index (χ4n) is 1.85. The Morgan fingerprint density at radius 1 is 1.37 bits per heavy atom. The number of hydrogen-bond donors (Lipinski definition) is 1. The Morgan fingerprint density at radius 3 is 2.79 bits per heavy atom. The van der Waals surface area contributed by atoms with Gasteiger partial charge in [-0.05, 0) is 31.2 Å². The largest absolute Gasteiger partial charge is 0.380 e. The van der Waals surface area contributed by atoms with Gasteiger partial charge in [-0.1, -0.05) is 33.6 Å². The molecule has 1 unspecified atom stereocenters. The molecular formula is C14H15BrClNOS.